The van der Waals surface area contributed by atoms with Crippen LogP contribution in [0.2, 0.25) is 0 Å². The monoisotopic (exact) mass is 314 g/mol. The van der Waals surface area contributed by atoms with E-state index in [4.69, 9.17) is 14.4 Å². The van der Waals surface area contributed by atoms with Crippen LogP contribution in [-0.2, 0) is 4.79 Å². The lowest BCUT2D eigenvalue weighted by molar-refractivity contribution is -0.117. The van der Waals surface area contributed by atoms with Crippen molar-refractivity contribution in [1.29, 1.82) is 5.26 Å². The quantitative estimate of drug-likeness (QED) is 0.679. The van der Waals surface area contributed by atoms with Gasteiger partial charge in [-0.3, -0.25) is 4.79 Å². The normalized spacial score (nSPS) is 12.3. The van der Waals surface area contributed by atoms with E-state index >= 15 is 0 Å². The molecule has 0 saturated heterocycles. The van der Waals surface area contributed by atoms with Crippen LogP contribution in [0, 0.1) is 17.1 Å². The van der Waals surface area contributed by atoms with Gasteiger partial charge in [-0.15, -0.1) is 0 Å². The lowest BCUT2D eigenvalue weighted by Gasteiger charge is -2.17. The zero-order chi connectivity index (χ0) is 16.8. The van der Waals surface area contributed by atoms with Crippen LogP contribution < -0.4 is 10.1 Å². The first-order valence-electron chi connectivity index (χ1n) is 6.84. The molecule has 1 aromatic carbocycles. The summed E-state index contributed by atoms with van der Waals surface area (Å²) in [5, 5.41) is 11.8. The second kappa shape index (κ2) is 7.27. The fourth-order valence-electron chi connectivity index (χ4n) is 2.06. The van der Waals surface area contributed by atoms with Gasteiger partial charge >= 0.3 is 0 Å². The Labute approximate surface area is 133 Å². The van der Waals surface area contributed by atoms with Crippen LogP contribution in [0.5, 0.6) is 5.75 Å². The number of carbonyl (C=O) groups excluding carboxylic acids is 1. The Hall–Kier alpha value is -3.07. The lowest BCUT2D eigenvalue weighted by Crippen LogP contribution is -2.28. The number of nitrogens with zero attached hydrogens (tertiary/aromatic N) is 1. The number of hydrogen-bond donors (Lipinski definition) is 1. The van der Waals surface area contributed by atoms with Gasteiger partial charge in [0.05, 0.1) is 19.4 Å². The average Bonchev–Trinajstić information content (AvgIpc) is 3.05. The molecule has 0 aliphatic heterocycles. The molecule has 0 fully saturated rings. The molecule has 118 valence electrons. The van der Waals surface area contributed by atoms with Crippen molar-refractivity contribution in [1.82, 2.24) is 5.32 Å². The third-order valence-electron chi connectivity index (χ3n) is 3.20. The maximum absolute atomic E-state index is 13.4. The van der Waals surface area contributed by atoms with Gasteiger partial charge in [0.2, 0.25) is 0 Å². The minimum atomic E-state index is -0.581. The van der Waals surface area contributed by atoms with Crippen LogP contribution >= 0.6 is 0 Å². The van der Waals surface area contributed by atoms with Gasteiger partial charge in [-0.25, -0.2) is 4.39 Å². The van der Waals surface area contributed by atoms with Crippen LogP contribution in [0.3, 0.4) is 0 Å². The summed E-state index contributed by atoms with van der Waals surface area (Å²) >= 11 is 0. The third-order valence-corrected chi connectivity index (χ3v) is 3.20. The van der Waals surface area contributed by atoms with Crippen molar-refractivity contribution in [2.45, 2.75) is 13.0 Å². The summed E-state index contributed by atoms with van der Waals surface area (Å²) in [5.41, 5.74) is 0.373. The Morgan fingerprint density at radius 2 is 2.26 bits per heavy atom. The van der Waals surface area contributed by atoms with Gasteiger partial charge in [0.1, 0.15) is 29.0 Å². The summed E-state index contributed by atoms with van der Waals surface area (Å²) in [7, 11) is 1.46. The van der Waals surface area contributed by atoms with Crippen molar-refractivity contribution in [2.24, 2.45) is 0 Å². The molecule has 5 nitrogen and oxygen atoms in total. The predicted molar refractivity (Wildman–Crippen MR) is 81.8 cm³/mol. The SMILES string of the molecule is COc1ccc(F)cc1C(C)NC(=O)C(C#N)=Cc1ccco1. The maximum Gasteiger partial charge on any atom is 0.262 e. The van der Waals surface area contributed by atoms with Crippen LogP contribution in [0.4, 0.5) is 4.39 Å². The number of nitrogens with one attached hydrogen (secondary N) is 1. The van der Waals surface area contributed by atoms with E-state index in [1.54, 1.807) is 19.1 Å². The molecule has 1 aromatic heterocycles. The van der Waals surface area contributed by atoms with Crippen molar-refractivity contribution in [3.05, 3.63) is 59.3 Å². The minimum absolute atomic E-state index is 0.109. The molecule has 0 spiro atoms. The van der Waals surface area contributed by atoms with Gasteiger partial charge in [-0.2, -0.15) is 5.26 Å². The molecular formula is C17H15FN2O3. The molecule has 0 saturated carbocycles. The summed E-state index contributed by atoms with van der Waals surface area (Å²) in [6.07, 6.45) is 2.78. The highest BCUT2D eigenvalue weighted by molar-refractivity contribution is 6.01. The van der Waals surface area contributed by atoms with E-state index in [2.05, 4.69) is 5.32 Å². The van der Waals surface area contributed by atoms with Crippen LogP contribution in [0.1, 0.15) is 24.3 Å². The number of halogens is 1. The zero-order valence-corrected chi connectivity index (χ0v) is 12.7. The highest BCUT2D eigenvalue weighted by atomic mass is 19.1. The second-order valence-electron chi connectivity index (χ2n) is 4.77. The maximum atomic E-state index is 13.4. The Morgan fingerprint density at radius 3 is 2.87 bits per heavy atom. The summed E-state index contributed by atoms with van der Waals surface area (Å²) < 4.78 is 23.7. The van der Waals surface area contributed by atoms with Crippen molar-refractivity contribution >= 4 is 12.0 Å². The van der Waals surface area contributed by atoms with Gasteiger partial charge in [0, 0.05) is 11.6 Å². The molecule has 0 aliphatic rings. The summed E-state index contributed by atoms with van der Waals surface area (Å²) in [4.78, 5) is 12.2. The largest absolute Gasteiger partial charge is 0.496 e. The number of ether oxygens (including phenoxy) is 1. The number of furan rings is 1. The van der Waals surface area contributed by atoms with E-state index in [1.807, 2.05) is 6.07 Å². The van der Waals surface area contributed by atoms with Gasteiger partial charge < -0.3 is 14.5 Å². The molecule has 1 atom stereocenters. The van der Waals surface area contributed by atoms with Crippen LogP contribution in [-0.4, -0.2) is 13.0 Å². The smallest absolute Gasteiger partial charge is 0.262 e. The van der Waals surface area contributed by atoms with Crippen molar-refractivity contribution in [3.63, 3.8) is 0 Å². The molecule has 2 rings (SSSR count). The summed E-state index contributed by atoms with van der Waals surface area (Å²) in [6.45, 7) is 1.68. The Bertz CT molecular complexity index is 761. The first-order valence-corrected chi connectivity index (χ1v) is 6.84. The average molecular weight is 314 g/mol. The number of amides is 1. The third kappa shape index (κ3) is 3.98. The van der Waals surface area contributed by atoms with E-state index in [0.717, 1.165) is 0 Å². The fraction of sp³-hybridized carbons (Fsp3) is 0.176. The van der Waals surface area contributed by atoms with Gasteiger partial charge in [0.15, 0.2) is 0 Å². The second-order valence-corrected chi connectivity index (χ2v) is 4.77. The Morgan fingerprint density at radius 1 is 1.48 bits per heavy atom. The first-order chi connectivity index (χ1) is 11.0. The number of methoxy groups -OCH3 is 1. The molecule has 23 heavy (non-hydrogen) atoms. The van der Waals surface area contributed by atoms with E-state index < -0.39 is 17.8 Å². The molecular weight excluding hydrogens is 299 g/mol. The molecule has 0 aliphatic carbocycles. The highest BCUT2D eigenvalue weighted by Crippen LogP contribution is 2.26. The van der Waals surface area contributed by atoms with Crippen LogP contribution in [0.15, 0.2) is 46.6 Å². The van der Waals surface area contributed by atoms with Gasteiger partial charge in [-0.1, -0.05) is 0 Å². The van der Waals surface area contributed by atoms with E-state index in [-0.39, 0.29) is 5.57 Å². The van der Waals surface area contributed by atoms with E-state index in [9.17, 15) is 9.18 Å². The number of hydrogen-bond acceptors (Lipinski definition) is 4. The van der Waals surface area contributed by atoms with Crippen molar-refractivity contribution in [3.8, 4) is 11.8 Å². The molecule has 1 N–H and O–H groups in total. The molecule has 6 heteroatoms. The van der Waals surface area contributed by atoms with Gasteiger partial charge in [0.25, 0.3) is 5.91 Å². The predicted octanol–water partition coefficient (Wildman–Crippen LogP) is 3.21. The first kappa shape index (κ1) is 16.3. The number of benzene rings is 1. The fourth-order valence-corrected chi connectivity index (χ4v) is 2.06. The topological polar surface area (TPSA) is 75.3 Å². The zero-order valence-electron chi connectivity index (χ0n) is 12.7. The number of nitriles is 1. The lowest BCUT2D eigenvalue weighted by atomic mass is 10.1. The minimum Gasteiger partial charge on any atom is -0.496 e. The van der Waals surface area contributed by atoms with E-state index in [0.29, 0.717) is 17.1 Å². The summed E-state index contributed by atoms with van der Waals surface area (Å²) in [6, 6.07) is 8.60. The van der Waals surface area contributed by atoms with Crippen molar-refractivity contribution in [2.75, 3.05) is 7.11 Å². The van der Waals surface area contributed by atoms with Crippen LogP contribution in [0.25, 0.3) is 6.08 Å². The standard InChI is InChI=1S/C17H15FN2O3/c1-11(15-9-13(18)5-6-16(15)22-2)20-17(21)12(10-19)8-14-4-3-7-23-14/h3-9,11H,1-2H3,(H,20,21). The molecule has 1 unspecified atom stereocenters. The van der Waals surface area contributed by atoms with E-state index in [1.165, 1.54) is 37.6 Å². The Kier molecular flexibility index (Phi) is 5.15. The Balaban J connectivity index is 2.19. The summed E-state index contributed by atoms with van der Waals surface area (Å²) in [5.74, 6) is -0.170. The van der Waals surface area contributed by atoms with Crippen molar-refractivity contribution < 1.29 is 18.3 Å². The number of carbonyl (C=O) groups is 1. The highest BCUT2D eigenvalue weighted by Gasteiger charge is 2.17. The molecule has 2 aromatic rings. The van der Waals surface area contributed by atoms with Gasteiger partial charge in [-0.05, 0) is 37.3 Å². The molecule has 1 heterocycles. The number of rotatable bonds is 5. The molecule has 0 radical (unpaired) electrons. The molecule has 1 amide bonds. The molecule has 0 bridgehead atoms.